The lowest BCUT2D eigenvalue weighted by Gasteiger charge is -2.18. The van der Waals surface area contributed by atoms with Gasteiger partial charge in [0, 0.05) is 11.6 Å². The van der Waals surface area contributed by atoms with Crippen LogP contribution in [0.4, 0.5) is 0 Å². The summed E-state index contributed by atoms with van der Waals surface area (Å²) < 4.78 is 10.7. The van der Waals surface area contributed by atoms with Crippen LogP contribution in [0.2, 0.25) is 0 Å². The lowest BCUT2D eigenvalue weighted by molar-refractivity contribution is 0.0464. The van der Waals surface area contributed by atoms with Gasteiger partial charge in [-0.25, -0.2) is 4.79 Å². The van der Waals surface area contributed by atoms with Gasteiger partial charge in [-0.15, -0.1) is 0 Å². The molecule has 2 aromatic carbocycles. The summed E-state index contributed by atoms with van der Waals surface area (Å²) in [5.41, 5.74) is 4.46. The van der Waals surface area contributed by atoms with E-state index >= 15 is 0 Å². The summed E-state index contributed by atoms with van der Waals surface area (Å²) in [6.07, 6.45) is 0. The van der Waals surface area contributed by atoms with Crippen molar-refractivity contribution >= 4 is 5.97 Å². The van der Waals surface area contributed by atoms with Gasteiger partial charge in [0.2, 0.25) is 0 Å². The highest BCUT2D eigenvalue weighted by Crippen LogP contribution is 2.23. The second-order valence-corrected chi connectivity index (χ2v) is 7.45. The molecule has 1 heterocycles. The SMILES string of the molecule is Cc1ccc(-c2cc(COC(=O)c3ccc(C(C)(C)C)cc3)no2)cc1. The summed E-state index contributed by atoms with van der Waals surface area (Å²) in [5, 5.41) is 3.97. The van der Waals surface area contributed by atoms with Crippen LogP contribution in [0.5, 0.6) is 0 Å². The fourth-order valence-corrected chi connectivity index (χ4v) is 2.56. The Morgan fingerprint density at radius 3 is 2.31 bits per heavy atom. The standard InChI is InChI=1S/C22H23NO3/c1-15-5-7-16(8-6-15)20-13-19(23-26-20)14-25-21(24)17-9-11-18(12-10-17)22(2,3)4/h5-13H,14H2,1-4H3. The molecule has 0 aliphatic heterocycles. The molecular formula is C22H23NO3. The first-order valence-electron chi connectivity index (χ1n) is 8.63. The molecule has 3 rings (SSSR count). The molecule has 1 aromatic heterocycles. The number of esters is 1. The minimum atomic E-state index is -0.370. The average Bonchev–Trinajstić information content (AvgIpc) is 3.08. The summed E-state index contributed by atoms with van der Waals surface area (Å²) in [4.78, 5) is 12.2. The van der Waals surface area contributed by atoms with Crippen molar-refractivity contribution in [2.75, 3.05) is 0 Å². The van der Waals surface area contributed by atoms with Crippen LogP contribution >= 0.6 is 0 Å². The molecule has 0 saturated heterocycles. The number of benzene rings is 2. The lowest BCUT2D eigenvalue weighted by Crippen LogP contribution is -2.12. The summed E-state index contributed by atoms with van der Waals surface area (Å²) in [5.74, 6) is 0.288. The summed E-state index contributed by atoms with van der Waals surface area (Å²) in [6, 6.07) is 17.3. The molecule has 0 fully saturated rings. The van der Waals surface area contributed by atoms with Gasteiger partial charge in [0.15, 0.2) is 5.76 Å². The molecule has 0 spiro atoms. The van der Waals surface area contributed by atoms with Crippen LogP contribution < -0.4 is 0 Å². The maximum Gasteiger partial charge on any atom is 0.338 e. The third-order valence-corrected chi connectivity index (χ3v) is 4.23. The maximum atomic E-state index is 12.2. The van der Waals surface area contributed by atoms with Crippen LogP contribution in [0, 0.1) is 6.92 Å². The Hall–Kier alpha value is -2.88. The molecule has 0 atom stereocenters. The van der Waals surface area contributed by atoms with Gasteiger partial charge in [-0.3, -0.25) is 0 Å². The number of ether oxygens (including phenoxy) is 1. The van der Waals surface area contributed by atoms with Gasteiger partial charge in [-0.05, 0) is 30.0 Å². The average molecular weight is 349 g/mol. The van der Waals surface area contributed by atoms with Crippen molar-refractivity contribution in [3.63, 3.8) is 0 Å². The molecule has 3 aromatic rings. The van der Waals surface area contributed by atoms with Crippen LogP contribution in [-0.4, -0.2) is 11.1 Å². The van der Waals surface area contributed by atoms with Crippen LogP contribution in [0.3, 0.4) is 0 Å². The molecule has 134 valence electrons. The fraction of sp³-hybridized carbons (Fsp3) is 0.273. The first kappa shape index (κ1) is 17.9. The van der Waals surface area contributed by atoms with Crippen LogP contribution in [0.15, 0.2) is 59.1 Å². The van der Waals surface area contributed by atoms with E-state index in [9.17, 15) is 4.79 Å². The summed E-state index contributed by atoms with van der Waals surface area (Å²) >= 11 is 0. The molecule has 0 aliphatic rings. The molecule has 4 heteroatoms. The Morgan fingerprint density at radius 2 is 1.69 bits per heavy atom. The third kappa shape index (κ3) is 4.20. The molecule has 4 nitrogen and oxygen atoms in total. The highest BCUT2D eigenvalue weighted by molar-refractivity contribution is 5.89. The number of rotatable bonds is 4. The van der Waals surface area contributed by atoms with Crippen LogP contribution in [0.25, 0.3) is 11.3 Å². The molecule has 26 heavy (non-hydrogen) atoms. The molecule has 0 amide bonds. The Kier molecular flexibility index (Phi) is 4.94. The van der Waals surface area contributed by atoms with Gasteiger partial charge in [0.1, 0.15) is 12.3 Å². The quantitative estimate of drug-likeness (QED) is 0.599. The monoisotopic (exact) mass is 349 g/mol. The molecule has 0 bridgehead atoms. The fourth-order valence-electron chi connectivity index (χ4n) is 2.56. The Labute approximate surface area is 153 Å². The number of carbonyl (C=O) groups is 1. The predicted molar refractivity (Wildman–Crippen MR) is 101 cm³/mol. The number of carbonyl (C=O) groups excluding carboxylic acids is 1. The smallest absolute Gasteiger partial charge is 0.338 e. The van der Waals surface area contributed by atoms with Gasteiger partial charge >= 0.3 is 5.97 Å². The van der Waals surface area contributed by atoms with E-state index in [0.29, 0.717) is 17.0 Å². The van der Waals surface area contributed by atoms with Gasteiger partial charge in [-0.2, -0.15) is 0 Å². The van der Waals surface area contributed by atoms with Crippen molar-refractivity contribution in [1.29, 1.82) is 0 Å². The van der Waals surface area contributed by atoms with Crippen molar-refractivity contribution in [1.82, 2.24) is 5.16 Å². The van der Waals surface area contributed by atoms with Gasteiger partial charge < -0.3 is 9.26 Å². The van der Waals surface area contributed by atoms with Crippen molar-refractivity contribution < 1.29 is 14.1 Å². The number of aryl methyl sites for hydroxylation is 1. The number of hydrogen-bond donors (Lipinski definition) is 0. The zero-order valence-corrected chi connectivity index (χ0v) is 15.6. The number of aromatic nitrogens is 1. The summed E-state index contributed by atoms with van der Waals surface area (Å²) in [7, 11) is 0. The van der Waals surface area contributed by atoms with E-state index in [0.717, 1.165) is 5.56 Å². The Morgan fingerprint density at radius 1 is 1.04 bits per heavy atom. The molecule has 0 aliphatic carbocycles. The Bertz CT molecular complexity index is 884. The molecule has 0 radical (unpaired) electrons. The molecular weight excluding hydrogens is 326 g/mol. The second kappa shape index (κ2) is 7.16. The first-order valence-corrected chi connectivity index (χ1v) is 8.63. The van der Waals surface area contributed by atoms with Gasteiger partial charge in [-0.1, -0.05) is 67.9 Å². The van der Waals surface area contributed by atoms with E-state index in [1.165, 1.54) is 11.1 Å². The van der Waals surface area contributed by atoms with E-state index in [4.69, 9.17) is 9.26 Å². The molecule has 0 unspecified atom stereocenters. The third-order valence-electron chi connectivity index (χ3n) is 4.23. The topological polar surface area (TPSA) is 52.3 Å². The maximum absolute atomic E-state index is 12.2. The van der Waals surface area contributed by atoms with Crippen molar-refractivity contribution in [2.45, 2.75) is 39.7 Å². The van der Waals surface area contributed by atoms with Crippen molar-refractivity contribution in [3.8, 4) is 11.3 Å². The second-order valence-electron chi connectivity index (χ2n) is 7.45. The first-order chi connectivity index (χ1) is 12.3. The minimum absolute atomic E-state index is 0.0511. The number of nitrogens with zero attached hydrogens (tertiary/aromatic N) is 1. The van der Waals surface area contributed by atoms with Crippen LogP contribution in [0.1, 0.15) is 48.0 Å². The zero-order chi connectivity index (χ0) is 18.7. The van der Waals surface area contributed by atoms with Gasteiger partial charge in [0.25, 0.3) is 0 Å². The normalized spacial score (nSPS) is 11.4. The largest absolute Gasteiger partial charge is 0.455 e. The molecule has 0 saturated carbocycles. The predicted octanol–water partition coefficient (Wildman–Crippen LogP) is 5.30. The lowest BCUT2D eigenvalue weighted by atomic mass is 9.87. The zero-order valence-electron chi connectivity index (χ0n) is 15.6. The summed E-state index contributed by atoms with van der Waals surface area (Å²) in [6.45, 7) is 8.52. The van der Waals surface area contributed by atoms with E-state index < -0.39 is 0 Å². The highest BCUT2D eigenvalue weighted by Gasteiger charge is 2.15. The van der Waals surface area contributed by atoms with Gasteiger partial charge in [0.05, 0.1) is 5.56 Å². The van der Waals surface area contributed by atoms with Crippen LogP contribution in [-0.2, 0) is 16.8 Å². The minimum Gasteiger partial charge on any atom is -0.455 e. The molecule has 0 N–H and O–H groups in total. The van der Waals surface area contributed by atoms with E-state index in [2.05, 4.69) is 25.9 Å². The van der Waals surface area contributed by atoms with E-state index in [-0.39, 0.29) is 18.0 Å². The Balaban J connectivity index is 1.62. The number of hydrogen-bond acceptors (Lipinski definition) is 4. The van der Waals surface area contributed by atoms with Crippen molar-refractivity contribution in [2.24, 2.45) is 0 Å². The highest BCUT2D eigenvalue weighted by atomic mass is 16.5. The van der Waals surface area contributed by atoms with E-state index in [1.54, 1.807) is 18.2 Å². The van der Waals surface area contributed by atoms with E-state index in [1.807, 2.05) is 43.3 Å². The van der Waals surface area contributed by atoms with Crippen molar-refractivity contribution in [3.05, 3.63) is 77.0 Å².